The SMILES string of the molecule is CC(C)(C)c1c(O)c(O)c(C(C)(C)C)c2[nH]ccc12. The highest BCUT2D eigenvalue weighted by Crippen LogP contribution is 2.48. The molecule has 0 spiro atoms. The summed E-state index contributed by atoms with van der Waals surface area (Å²) in [6.07, 6.45) is 1.86. The molecule has 0 aliphatic rings. The number of phenolic OH excluding ortho intramolecular Hbond substituents is 2. The first-order valence-corrected chi connectivity index (χ1v) is 6.61. The minimum absolute atomic E-state index is 0.00419. The Morgan fingerprint density at radius 1 is 0.842 bits per heavy atom. The standard InChI is InChI=1S/C16H23NO2/c1-15(2,3)10-9-7-8-17-12(9)11(16(4,5)6)14(19)13(10)18/h7-8,17-19H,1-6H3. The Bertz CT molecular complexity index is 571. The molecule has 0 radical (unpaired) electrons. The topological polar surface area (TPSA) is 56.2 Å². The van der Waals surface area contributed by atoms with Gasteiger partial charge >= 0.3 is 0 Å². The van der Waals surface area contributed by atoms with E-state index in [-0.39, 0.29) is 22.3 Å². The predicted molar refractivity (Wildman–Crippen MR) is 79.0 cm³/mol. The first-order chi connectivity index (χ1) is 8.55. The van der Waals surface area contributed by atoms with Gasteiger partial charge in [-0.3, -0.25) is 0 Å². The van der Waals surface area contributed by atoms with E-state index >= 15 is 0 Å². The smallest absolute Gasteiger partial charge is 0.163 e. The summed E-state index contributed by atoms with van der Waals surface area (Å²) in [6, 6.07) is 1.96. The molecule has 1 aromatic heterocycles. The Kier molecular flexibility index (Phi) is 2.85. The molecule has 0 saturated carbocycles. The van der Waals surface area contributed by atoms with Gasteiger partial charge in [-0.05, 0) is 16.9 Å². The molecule has 0 amide bonds. The lowest BCUT2D eigenvalue weighted by molar-refractivity contribution is 0.379. The van der Waals surface area contributed by atoms with Crippen molar-refractivity contribution in [2.75, 3.05) is 0 Å². The molecule has 19 heavy (non-hydrogen) atoms. The zero-order chi connectivity index (χ0) is 14.6. The average molecular weight is 261 g/mol. The summed E-state index contributed by atoms with van der Waals surface area (Å²) in [5, 5.41) is 21.8. The van der Waals surface area contributed by atoms with Gasteiger partial charge in [0.05, 0.1) is 5.52 Å². The van der Waals surface area contributed by atoms with E-state index in [0.717, 1.165) is 22.0 Å². The molecule has 0 aliphatic heterocycles. The maximum atomic E-state index is 10.4. The third-order valence-corrected chi connectivity index (χ3v) is 3.46. The van der Waals surface area contributed by atoms with Gasteiger partial charge in [0.1, 0.15) is 0 Å². The zero-order valence-electron chi connectivity index (χ0n) is 12.5. The summed E-state index contributed by atoms with van der Waals surface area (Å²) < 4.78 is 0. The summed E-state index contributed by atoms with van der Waals surface area (Å²) in [7, 11) is 0. The lowest BCUT2D eigenvalue weighted by atomic mass is 9.78. The number of nitrogens with one attached hydrogen (secondary N) is 1. The number of aromatic nitrogens is 1. The maximum Gasteiger partial charge on any atom is 0.163 e. The van der Waals surface area contributed by atoms with Crippen molar-refractivity contribution in [3.8, 4) is 11.5 Å². The molecular weight excluding hydrogens is 238 g/mol. The Morgan fingerprint density at radius 3 is 1.79 bits per heavy atom. The lowest BCUT2D eigenvalue weighted by Gasteiger charge is -2.27. The minimum atomic E-state index is -0.249. The molecule has 3 N–H and O–H groups in total. The van der Waals surface area contributed by atoms with Crippen LogP contribution in [0.25, 0.3) is 10.9 Å². The monoisotopic (exact) mass is 261 g/mol. The molecule has 0 atom stereocenters. The van der Waals surface area contributed by atoms with Crippen LogP contribution in [0.15, 0.2) is 12.3 Å². The van der Waals surface area contributed by atoms with Crippen LogP contribution in [0.1, 0.15) is 52.7 Å². The van der Waals surface area contributed by atoms with Crippen molar-refractivity contribution in [3.05, 3.63) is 23.4 Å². The second kappa shape index (κ2) is 3.92. The molecular formula is C16H23NO2. The molecule has 0 saturated heterocycles. The van der Waals surface area contributed by atoms with Crippen LogP contribution in [0.5, 0.6) is 11.5 Å². The molecule has 0 unspecified atom stereocenters. The van der Waals surface area contributed by atoms with Gasteiger partial charge in [-0.15, -0.1) is 0 Å². The van der Waals surface area contributed by atoms with Crippen molar-refractivity contribution >= 4 is 10.9 Å². The van der Waals surface area contributed by atoms with Crippen LogP contribution >= 0.6 is 0 Å². The fraction of sp³-hybridized carbons (Fsp3) is 0.500. The zero-order valence-corrected chi connectivity index (χ0v) is 12.5. The van der Waals surface area contributed by atoms with Crippen LogP contribution in [0.4, 0.5) is 0 Å². The third kappa shape index (κ3) is 2.07. The van der Waals surface area contributed by atoms with Crippen molar-refractivity contribution < 1.29 is 10.2 Å². The van der Waals surface area contributed by atoms with Gasteiger partial charge in [0, 0.05) is 22.7 Å². The molecule has 0 bridgehead atoms. The fourth-order valence-corrected chi connectivity index (χ4v) is 2.76. The van der Waals surface area contributed by atoms with Gasteiger partial charge in [0.2, 0.25) is 0 Å². The summed E-state index contributed by atoms with van der Waals surface area (Å²) in [5.41, 5.74) is 1.97. The number of aromatic hydroxyl groups is 2. The first-order valence-electron chi connectivity index (χ1n) is 6.61. The van der Waals surface area contributed by atoms with Crippen LogP contribution in [0.2, 0.25) is 0 Å². The highest BCUT2D eigenvalue weighted by atomic mass is 16.3. The predicted octanol–water partition coefficient (Wildman–Crippen LogP) is 4.17. The Labute approximate surface area is 114 Å². The second-order valence-corrected chi connectivity index (χ2v) is 7.21. The van der Waals surface area contributed by atoms with E-state index in [2.05, 4.69) is 4.98 Å². The van der Waals surface area contributed by atoms with Gasteiger partial charge in [0.15, 0.2) is 11.5 Å². The molecule has 3 nitrogen and oxygen atoms in total. The first kappa shape index (κ1) is 13.8. The molecule has 1 aromatic carbocycles. The number of hydrogen-bond acceptors (Lipinski definition) is 2. The van der Waals surface area contributed by atoms with Gasteiger partial charge < -0.3 is 15.2 Å². The largest absolute Gasteiger partial charge is 0.504 e. The van der Waals surface area contributed by atoms with E-state index in [1.165, 1.54) is 0 Å². The fourth-order valence-electron chi connectivity index (χ4n) is 2.76. The Hall–Kier alpha value is -1.64. The van der Waals surface area contributed by atoms with E-state index in [0.29, 0.717) is 0 Å². The van der Waals surface area contributed by atoms with Crippen molar-refractivity contribution in [2.45, 2.75) is 52.4 Å². The average Bonchev–Trinajstić information content (AvgIpc) is 2.62. The van der Waals surface area contributed by atoms with E-state index in [4.69, 9.17) is 0 Å². The summed E-state index contributed by atoms with van der Waals surface area (Å²) in [4.78, 5) is 3.20. The highest BCUT2D eigenvalue weighted by Gasteiger charge is 2.31. The van der Waals surface area contributed by atoms with Crippen LogP contribution in [-0.2, 0) is 10.8 Å². The van der Waals surface area contributed by atoms with Crippen LogP contribution in [-0.4, -0.2) is 15.2 Å². The molecule has 2 aromatic rings. The number of aromatic amines is 1. The van der Waals surface area contributed by atoms with E-state index in [1.54, 1.807) is 0 Å². The van der Waals surface area contributed by atoms with E-state index in [9.17, 15) is 10.2 Å². The number of rotatable bonds is 0. The number of phenols is 2. The van der Waals surface area contributed by atoms with Crippen molar-refractivity contribution in [1.82, 2.24) is 4.98 Å². The lowest BCUT2D eigenvalue weighted by Crippen LogP contribution is -2.16. The molecule has 0 fully saturated rings. The molecule has 3 heteroatoms. The summed E-state index contributed by atoms with van der Waals surface area (Å²) in [5.74, 6) is -0.00287. The van der Waals surface area contributed by atoms with Gasteiger partial charge in [-0.25, -0.2) is 0 Å². The Morgan fingerprint density at radius 2 is 1.32 bits per heavy atom. The van der Waals surface area contributed by atoms with Gasteiger partial charge in [-0.1, -0.05) is 41.5 Å². The Balaban J connectivity index is 2.99. The third-order valence-electron chi connectivity index (χ3n) is 3.46. The van der Waals surface area contributed by atoms with Crippen LogP contribution in [0.3, 0.4) is 0 Å². The minimum Gasteiger partial charge on any atom is -0.504 e. The highest BCUT2D eigenvalue weighted by molar-refractivity contribution is 5.92. The normalized spacial score (nSPS) is 13.2. The van der Waals surface area contributed by atoms with Crippen LogP contribution in [0, 0.1) is 0 Å². The van der Waals surface area contributed by atoms with Crippen molar-refractivity contribution in [1.29, 1.82) is 0 Å². The second-order valence-electron chi connectivity index (χ2n) is 7.21. The van der Waals surface area contributed by atoms with Gasteiger partial charge in [-0.2, -0.15) is 0 Å². The summed E-state index contributed by atoms with van der Waals surface area (Å²) >= 11 is 0. The molecule has 104 valence electrons. The molecule has 1 heterocycles. The molecule has 2 rings (SSSR count). The van der Waals surface area contributed by atoms with Gasteiger partial charge in [0.25, 0.3) is 0 Å². The number of fused-ring (bicyclic) bond motifs is 1. The van der Waals surface area contributed by atoms with Crippen molar-refractivity contribution in [3.63, 3.8) is 0 Å². The van der Waals surface area contributed by atoms with E-state index in [1.807, 2.05) is 53.8 Å². The number of benzene rings is 1. The van der Waals surface area contributed by atoms with Crippen LogP contribution < -0.4 is 0 Å². The maximum absolute atomic E-state index is 10.4. The van der Waals surface area contributed by atoms with E-state index < -0.39 is 0 Å². The summed E-state index contributed by atoms with van der Waals surface area (Å²) in [6.45, 7) is 12.2. The number of hydrogen-bond donors (Lipinski definition) is 3. The van der Waals surface area contributed by atoms with Crippen molar-refractivity contribution in [2.24, 2.45) is 0 Å². The number of H-pyrrole nitrogens is 1. The molecule has 0 aliphatic carbocycles. The quantitative estimate of drug-likeness (QED) is 0.623.